The maximum Gasteiger partial charge on any atom is 0.216 e. The fraction of sp³-hybridized carbons (Fsp3) is 0.0870. The average Bonchev–Trinajstić information content (AvgIpc) is 3.29. The Bertz CT molecular complexity index is 1470. The van der Waals surface area contributed by atoms with Crippen LogP contribution in [0.2, 0.25) is 5.02 Å². The Morgan fingerprint density at radius 2 is 1.87 bits per heavy atom. The zero-order valence-electron chi connectivity index (χ0n) is 16.2. The number of para-hydroxylation sites is 1. The summed E-state index contributed by atoms with van der Waals surface area (Å²) >= 11 is 11.5. The van der Waals surface area contributed by atoms with Gasteiger partial charge in [0.1, 0.15) is 0 Å². The molecule has 7 heteroatoms. The molecule has 0 saturated heterocycles. The van der Waals surface area contributed by atoms with Crippen LogP contribution in [0.3, 0.4) is 0 Å². The first-order valence-electron chi connectivity index (χ1n) is 9.64. The Morgan fingerprint density at radius 3 is 2.70 bits per heavy atom. The Labute approximate surface area is 183 Å². The number of nitrogens with one attached hydrogen (secondary N) is 1. The quantitative estimate of drug-likeness (QED) is 0.269. The lowest BCUT2D eigenvalue weighted by atomic mass is 10.1. The second-order valence-corrected chi connectivity index (χ2v) is 7.78. The van der Waals surface area contributed by atoms with E-state index < -0.39 is 0 Å². The summed E-state index contributed by atoms with van der Waals surface area (Å²) in [6.07, 6.45) is 1.80. The number of nitrogens with zero attached hydrogens (tertiary/aromatic N) is 4. The molecule has 0 aliphatic rings. The first-order chi connectivity index (χ1) is 14.7. The van der Waals surface area contributed by atoms with Crippen LogP contribution >= 0.6 is 23.8 Å². The molecule has 5 rings (SSSR count). The fourth-order valence-corrected chi connectivity index (χ4v) is 4.20. The zero-order valence-corrected chi connectivity index (χ0v) is 17.8. The Hall–Kier alpha value is -3.22. The van der Waals surface area contributed by atoms with Crippen LogP contribution in [0.15, 0.2) is 71.8 Å². The minimum atomic E-state index is 0.421. The number of aryl methyl sites for hydroxylation is 1. The molecule has 1 N–H and O–H groups in total. The van der Waals surface area contributed by atoms with Gasteiger partial charge < -0.3 is 4.57 Å². The molecule has 0 atom stereocenters. The highest BCUT2D eigenvalue weighted by Gasteiger charge is 2.10. The molecule has 5 aromatic rings. The number of hydrogen-bond donors (Lipinski definition) is 1. The lowest BCUT2D eigenvalue weighted by Crippen LogP contribution is -1.95. The van der Waals surface area contributed by atoms with E-state index in [0.29, 0.717) is 15.6 Å². The first kappa shape index (κ1) is 18.8. The highest BCUT2D eigenvalue weighted by molar-refractivity contribution is 7.71. The van der Waals surface area contributed by atoms with E-state index in [4.69, 9.17) is 23.8 Å². The van der Waals surface area contributed by atoms with E-state index in [2.05, 4.69) is 69.3 Å². The van der Waals surface area contributed by atoms with E-state index in [9.17, 15) is 0 Å². The van der Waals surface area contributed by atoms with Crippen molar-refractivity contribution in [2.75, 3.05) is 0 Å². The lowest BCUT2D eigenvalue weighted by molar-refractivity contribution is 0.827. The second-order valence-electron chi connectivity index (χ2n) is 6.96. The highest BCUT2D eigenvalue weighted by Crippen LogP contribution is 2.29. The van der Waals surface area contributed by atoms with Gasteiger partial charge in [-0.05, 0) is 55.0 Å². The predicted octanol–water partition coefficient (Wildman–Crippen LogP) is 6.27. The molecule has 0 saturated carbocycles. The van der Waals surface area contributed by atoms with Crippen LogP contribution in [0.5, 0.6) is 0 Å². The van der Waals surface area contributed by atoms with Crippen LogP contribution in [0.1, 0.15) is 12.5 Å². The molecule has 0 bridgehead atoms. The Balaban J connectivity index is 1.60. The molecule has 0 aliphatic heterocycles. The number of fused-ring (bicyclic) bond motifs is 3. The molecule has 5 nitrogen and oxygen atoms in total. The van der Waals surface area contributed by atoms with Crippen molar-refractivity contribution in [1.82, 2.24) is 19.4 Å². The number of halogens is 1. The van der Waals surface area contributed by atoms with Gasteiger partial charge in [-0.15, -0.1) is 0 Å². The smallest absolute Gasteiger partial charge is 0.216 e. The van der Waals surface area contributed by atoms with Gasteiger partial charge in [0.15, 0.2) is 5.82 Å². The summed E-state index contributed by atoms with van der Waals surface area (Å²) in [5.74, 6) is 0.613. The van der Waals surface area contributed by atoms with E-state index >= 15 is 0 Å². The van der Waals surface area contributed by atoms with Crippen molar-refractivity contribution in [2.45, 2.75) is 13.5 Å². The Kier molecular flexibility index (Phi) is 4.73. The van der Waals surface area contributed by atoms with E-state index in [1.807, 2.05) is 24.3 Å². The third-order valence-corrected chi connectivity index (χ3v) is 5.67. The van der Waals surface area contributed by atoms with E-state index in [-0.39, 0.29) is 0 Å². The first-order valence-corrected chi connectivity index (χ1v) is 10.4. The third kappa shape index (κ3) is 3.14. The fourth-order valence-electron chi connectivity index (χ4n) is 3.83. The summed E-state index contributed by atoms with van der Waals surface area (Å²) in [4.78, 5) is 0. The van der Waals surface area contributed by atoms with Gasteiger partial charge in [-0.3, -0.25) is 0 Å². The standard InChI is InChI=1S/C23H18ClN5S/c1-2-28-20-9-4-3-8-18(20)19-12-15(10-11-21(19)28)14-25-29-22(26-27-23(29)30)16-6-5-7-17(24)13-16/h3-14H,2H2,1H3,(H,27,30). The summed E-state index contributed by atoms with van der Waals surface area (Å²) in [6, 6.07) is 22.3. The van der Waals surface area contributed by atoms with Gasteiger partial charge in [0.2, 0.25) is 4.77 Å². The summed E-state index contributed by atoms with van der Waals surface area (Å²) < 4.78 is 4.36. The molecule has 3 aromatic carbocycles. The second kappa shape index (κ2) is 7.55. The zero-order chi connectivity index (χ0) is 20.7. The van der Waals surface area contributed by atoms with Crippen molar-refractivity contribution in [3.8, 4) is 11.4 Å². The van der Waals surface area contributed by atoms with Crippen LogP contribution in [0.25, 0.3) is 33.2 Å². The number of aromatic nitrogens is 4. The SMILES string of the molecule is CCn1c2ccccc2c2cc(C=Nn3c(-c4cccc(Cl)c4)n[nH]c3=S)ccc21. The van der Waals surface area contributed by atoms with Gasteiger partial charge in [0, 0.05) is 38.9 Å². The van der Waals surface area contributed by atoms with Gasteiger partial charge in [0.25, 0.3) is 0 Å². The van der Waals surface area contributed by atoms with E-state index in [1.165, 1.54) is 21.8 Å². The maximum atomic E-state index is 6.13. The molecule has 0 unspecified atom stereocenters. The van der Waals surface area contributed by atoms with Gasteiger partial charge >= 0.3 is 0 Å². The molecule has 0 aliphatic carbocycles. The van der Waals surface area contributed by atoms with Crippen molar-refractivity contribution in [1.29, 1.82) is 0 Å². The number of benzene rings is 3. The molecule has 0 radical (unpaired) electrons. The summed E-state index contributed by atoms with van der Waals surface area (Å²) in [5, 5.41) is 14.8. The molecule has 148 valence electrons. The van der Waals surface area contributed by atoms with Crippen LogP contribution in [-0.2, 0) is 6.54 Å². The molecule has 2 heterocycles. The summed E-state index contributed by atoms with van der Waals surface area (Å²) in [5.41, 5.74) is 4.29. The van der Waals surface area contributed by atoms with Crippen molar-refractivity contribution in [3.05, 3.63) is 82.1 Å². The number of H-pyrrole nitrogens is 1. The van der Waals surface area contributed by atoms with Crippen LogP contribution in [-0.4, -0.2) is 25.7 Å². The Morgan fingerprint density at radius 1 is 1.03 bits per heavy atom. The van der Waals surface area contributed by atoms with Crippen LogP contribution < -0.4 is 0 Å². The number of aromatic amines is 1. The number of rotatable bonds is 4. The lowest BCUT2D eigenvalue weighted by Gasteiger charge is -2.03. The molecule has 30 heavy (non-hydrogen) atoms. The number of hydrogen-bond acceptors (Lipinski definition) is 3. The minimum absolute atomic E-state index is 0.421. The molecular weight excluding hydrogens is 414 g/mol. The van der Waals surface area contributed by atoms with Gasteiger partial charge in [-0.2, -0.15) is 14.9 Å². The third-order valence-electron chi connectivity index (χ3n) is 5.17. The maximum absolute atomic E-state index is 6.13. The van der Waals surface area contributed by atoms with E-state index in [0.717, 1.165) is 17.7 Å². The normalized spacial score (nSPS) is 11.8. The predicted molar refractivity (Wildman–Crippen MR) is 126 cm³/mol. The van der Waals surface area contributed by atoms with Crippen LogP contribution in [0.4, 0.5) is 0 Å². The molecule has 2 aromatic heterocycles. The topological polar surface area (TPSA) is 50.9 Å². The molecular formula is C23H18ClN5S. The van der Waals surface area contributed by atoms with Gasteiger partial charge in [0.05, 0.1) is 6.21 Å². The van der Waals surface area contributed by atoms with Crippen LogP contribution in [0, 0.1) is 4.77 Å². The van der Waals surface area contributed by atoms with E-state index in [1.54, 1.807) is 10.9 Å². The monoisotopic (exact) mass is 431 g/mol. The average molecular weight is 432 g/mol. The minimum Gasteiger partial charge on any atom is -0.341 e. The molecule has 0 spiro atoms. The van der Waals surface area contributed by atoms with Crippen molar-refractivity contribution in [2.24, 2.45) is 5.10 Å². The van der Waals surface area contributed by atoms with Gasteiger partial charge in [-0.1, -0.05) is 48.0 Å². The summed E-state index contributed by atoms with van der Waals surface area (Å²) in [6.45, 7) is 3.09. The largest absolute Gasteiger partial charge is 0.341 e. The van der Waals surface area contributed by atoms with Crippen molar-refractivity contribution < 1.29 is 0 Å². The van der Waals surface area contributed by atoms with Crippen molar-refractivity contribution >= 4 is 51.8 Å². The molecule has 0 fully saturated rings. The highest BCUT2D eigenvalue weighted by atomic mass is 35.5. The van der Waals surface area contributed by atoms with Gasteiger partial charge in [-0.25, -0.2) is 5.10 Å². The molecule has 0 amide bonds. The van der Waals surface area contributed by atoms with Crippen molar-refractivity contribution in [3.63, 3.8) is 0 Å². The summed E-state index contributed by atoms with van der Waals surface area (Å²) in [7, 11) is 0.